The smallest absolute Gasteiger partial charge is 0.227 e. The Morgan fingerprint density at radius 3 is 2.71 bits per heavy atom. The summed E-state index contributed by atoms with van der Waals surface area (Å²) in [5.41, 5.74) is -0.454. The molecule has 0 saturated carbocycles. The molecule has 5 heteroatoms. The quantitative estimate of drug-likeness (QED) is 0.878. The molecule has 1 rings (SSSR count). The largest absolute Gasteiger partial charge is 0.369 e. The van der Waals surface area contributed by atoms with Crippen LogP contribution in [0.3, 0.4) is 0 Å². The predicted molar refractivity (Wildman–Crippen MR) is 72.9 cm³/mol. The second-order valence-electron chi connectivity index (χ2n) is 4.46. The SMILES string of the molecule is CCNC(=O)C(C)(C)CNc1ccc(Br)cn1. The zero-order valence-corrected chi connectivity index (χ0v) is 12.0. The Bertz CT molecular complexity index is 376. The van der Waals surface area contributed by atoms with E-state index in [0.717, 1.165) is 10.3 Å². The molecule has 0 aliphatic heterocycles. The Balaban J connectivity index is 2.54. The van der Waals surface area contributed by atoms with E-state index in [1.165, 1.54) is 0 Å². The molecule has 1 amide bonds. The summed E-state index contributed by atoms with van der Waals surface area (Å²) in [4.78, 5) is 16.0. The first-order valence-electron chi connectivity index (χ1n) is 5.59. The zero-order chi connectivity index (χ0) is 12.9. The van der Waals surface area contributed by atoms with Crippen molar-refractivity contribution in [2.24, 2.45) is 5.41 Å². The molecular weight excluding hydrogens is 282 g/mol. The van der Waals surface area contributed by atoms with Gasteiger partial charge in [-0.1, -0.05) is 0 Å². The minimum Gasteiger partial charge on any atom is -0.369 e. The van der Waals surface area contributed by atoms with Crippen molar-refractivity contribution in [3.05, 3.63) is 22.8 Å². The summed E-state index contributed by atoms with van der Waals surface area (Å²) in [5.74, 6) is 0.815. The number of pyridine rings is 1. The maximum atomic E-state index is 11.8. The first kappa shape index (κ1) is 14.0. The highest BCUT2D eigenvalue weighted by atomic mass is 79.9. The van der Waals surface area contributed by atoms with E-state index < -0.39 is 5.41 Å². The average molecular weight is 300 g/mol. The Kier molecular flexibility index (Phi) is 4.93. The average Bonchev–Trinajstić information content (AvgIpc) is 2.29. The van der Waals surface area contributed by atoms with E-state index in [0.29, 0.717) is 13.1 Å². The summed E-state index contributed by atoms with van der Waals surface area (Å²) in [6.45, 7) is 6.93. The fourth-order valence-electron chi connectivity index (χ4n) is 1.27. The van der Waals surface area contributed by atoms with E-state index in [1.807, 2.05) is 32.9 Å². The van der Waals surface area contributed by atoms with E-state index >= 15 is 0 Å². The van der Waals surface area contributed by atoms with Gasteiger partial charge in [-0.2, -0.15) is 0 Å². The highest BCUT2D eigenvalue weighted by molar-refractivity contribution is 9.10. The van der Waals surface area contributed by atoms with Crippen LogP contribution in [0.25, 0.3) is 0 Å². The third-order valence-electron chi connectivity index (χ3n) is 2.39. The Morgan fingerprint density at radius 2 is 2.18 bits per heavy atom. The van der Waals surface area contributed by atoms with Gasteiger partial charge in [0.05, 0.1) is 5.41 Å². The van der Waals surface area contributed by atoms with Gasteiger partial charge in [-0.05, 0) is 48.8 Å². The maximum absolute atomic E-state index is 11.8. The molecule has 4 nitrogen and oxygen atoms in total. The molecule has 0 radical (unpaired) electrons. The van der Waals surface area contributed by atoms with Crippen molar-refractivity contribution in [3.8, 4) is 0 Å². The van der Waals surface area contributed by atoms with E-state index in [4.69, 9.17) is 0 Å². The number of carbonyl (C=O) groups excluding carboxylic acids is 1. The monoisotopic (exact) mass is 299 g/mol. The summed E-state index contributed by atoms with van der Waals surface area (Å²) >= 11 is 3.33. The van der Waals surface area contributed by atoms with Crippen LogP contribution >= 0.6 is 15.9 Å². The summed E-state index contributed by atoms with van der Waals surface area (Å²) in [6, 6.07) is 3.78. The number of halogens is 1. The fourth-order valence-corrected chi connectivity index (χ4v) is 1.51. The zero-order valence-electron chi connectivity index (χ0n) is 10.4. The second-order valence-corrected chi connectivity index (χ2v) is 5.37. The molecule has 0 bridgehead atoms. The molecule has 0 atom stereocenters. The maximum Gasteiger partial charge on any atom is 0.227 e. The molecule has 0 aliphatic rings. The van der Waals surface area contributed by atoms with Gasteiger partial charge in [0.1, 0.15) is 5.82 Å². The molecule has 0 aromatic carbocycles. The third-order valence-corrected chi connectivity index (χ3v) is 2.86. The van der Waals surface area contributed by atoms with Crippen LogP contribution in [-0.2, 0) is 4.79 Å². The lowest BCUT2D eigenvalue weighted by molar-refractivity contribution is -0.128. The normalized spacial score (nSPS) is 11.1. The van der Waals surface area contributed by atoms with Crippen molar-refractivity contribution in [1.29, 1.82) is 0 Å². The van der Waals surface area contributed by atoms with Gasteiger partial charge in [0, 0.05) is 23.8 Å². The van der Waals surface area contributed by atoms with Gasteiger partial charge in [0.15, 0.2) is 0 Å². The number of aromatic nitrogens is 1. The number of anilines is 1. The van der Waals surface area contributed by atoms with Crippen LogP contribution in [0.5, 0.6) is 0 Å². The van der Waals surface area contributed by atoms with E-state index in [9.17, 15) is 4.79 Å². The lowest BCUT2D eigenvalue weighted by Crippen LogP contribution is -2.41. The van der Waals surface area contributed by atoms with Gasteiger partial charge in [-0.15, -0.1) is 0 Å². The van der Waals surface area contributed by atoms with Crippen LogP contribution in [0.1, 0.15) is 20.8 Å². The summed E-state index contributed by atoms with van der Waals surface area (Å²) in [5, 5.41) is 5.98. The van der Waals surface area contributed by atoms with Crippen molar-refractivity contribution in [1.82, 2.24) is 10.3 Å². The second kappa shape index (κ2) is 6.00. The number of carbonyl (C=O) groups is 1. The van der Waals surface area contributed by atoms with Gasteiger partial charge in [0.2, 0.25) is 5.91 Å². The van der Waals surface area contributed by atoms with E-state index in [-0.39, 0.29) is 5.91 Å². The topological polar surface area (TPSA) is 54.0 Å². The Morgan fingerprint density at radius 1 is 1.47 bits per heavy atom. The lowest BCUT2D eigenvalue weighted by Gasteiger charge is -2.23. The summed E-state index contributed by atoms with van der Waals surface area (Å²) < 4.78 is 0.936. The first-order valence-corrected chi connectivity index (χ1v) is 6.39. The number of amides is 1. The van der Waals surface area contributed by atoms with Crippen LogP contribution in [0.15, 0.2) is 22.8 Å². The molecule has 0 saturated heterocycles. The Labute approximate surface area is 110 Å². The van der Waals surface area contributed by atoms with Crippen molar-refractivity contribution in [2.45, 2.75) is 20.8 Å². The van der Waals surface area contributed by atoms with Crippen LogP contribution in [0.2, 0.25) is 0 Å². The van der Waals surface area contributed by atoms with Gasteiger partial charge in [-0.3, -0.25) is 4.79 Å². The Hall–Kier alpha value is -1.10. The minimum absolute atomic E-state index is 0.0459. The molecule has 0 fully saturated rings. The number of hydrogen-bond donors (Lipinski definition) is 2. The van der Waals surface area contributed by atoms with E-state index in [1.54, 1.807) is 6.20 Å². The number of rotatable bonds is 5. The first-order chi connectivity index (χ1) is 7.95. The number of hydrogen-bond acceptors (Lipinski definition) is 3. The highest BCUT2D eigenvalue weighted by Crippen LogP contribution is 2.17. The highest BCUT2D eigenvalue weighted by Gasteiger charge is 2.26. The van der Waals surface area contributed by atoms with Crippen LogP contribution in [0, 0.1) is 5.41 Å². The molecule has 0 aliphatic carbocycles. The van der Waals surface area contributed by atoms with Gasteiger partial charge >= 0.3 is 0 Å². The van der Waals surface area contributed by atoms with Crippen LogP contribution in [0.4, 0.5) is 5.82 Å². The molecule has 17 heavy (non-hydrogen) atoms. The number of nitrogens with zero attached hydrogens (tertiary/aromatic N) is 1. The molecule has 94 valence electrons. The molecule has 0 unspecified atom stereocenters. The van der Waals surface area contributed by atoms with Crippen LogP contribution < -0.4 is 10.6 Å². The minimum atomic E-state index is -0.454. The molecule has 1 heterocycles. The molecule has 2 N–H and O–H groups in total. The van der Waals surface area contributed by atoms with Gasteiger partial charge in [0.25, 0.3) is 0 Å². The molecule has 1 aromatic heterocycles. The molecule has 0 spiro atoms. The van der Waals surface area contributed by atoms with Crippen molar-refractivity contribution < 1.29 is 4.79 Å². The van der Waals surface area contributed by atoms with Gasteiger partial charge < -0.3 is 10.6 Å². The van der Waals surface area contributed by atoms with E-state index in [2.05, 4.69) is 31.5 Å². The number of nitrogens with one attached hydrogen (secondary N) is 2. The third kappa shape index (κ3) is 4.34. The van der Waals surface area contributed by atoms with Gasteiger partial charge in [-0.25, -0.2) is 4.98 Å². The molecule has 1 aromatic rings. The lowest BCUT2D eigenvalue weighted by atomic mass is 9.92. The van der Waals surface area contributed by atoms with Crippen molar-refractivity contribution in [2.75, 3.05) is 18.4 Å². The predicted octanol–water partition coefficient (Wildman–Crippen LogP) is 2.42. The molecular formula is C12H18BrN3O. The summed E-state index contributed by atoms with van der Waals surface area (Å²) in [6.07, 6.45) is 1.72. The summed E-state index contributed by atoms with van der Waals surface area (Å²) in [7, 11) is 0. The fraction of sp³-hybridized carbons (Fsp3) is 0.500. The van der Waals surface area contributed by atoms with Crippen LogP contribution in [-0.4, -0.2) is 24.0 Å². The van der Waals surface area contributed by atoms with Crippen molar-refractivity contribution >= 4 is 27.7 Å². The standard InChI is InChI=1S/C12H18BrN3O/c1-4-14-11(17)12(2,3)8-16-10-6-5-9(13)7-15-10/h5-7H,4,8H2,1-3H3,(H,14,17)(H,15,16). The van der Waals surface area contributed by atoms with Crippen molar-refractivity contribution in [3.63, 3.8) is 0 Å².